The Bertz CT molecular complexity index is 1240. The molecule has 1 aliphatic carbocycles. The number of anilines is 2. The van der Waals surface area contributed by atoms with Gasteiger partial charge >= 0.3 is 6.16 Å². The molecule has 3 heterocycles. The molecule has 34 heavy (non-hydrogen) atoms. The van der Waals surface area contributed by atoms with Crippen molar-refractivity contribution in [3.63, 3.8) is 0 Å². The fourth-order valence-corrected chi connectivity index (χ4v) is 5.95. The predicted molar refractivity (Wildman–Crippen MR) is 129 cm³/mol. The minimum Gasteiger partial charge on any atom is -0.450 e. The van der Waals surface area contributed by atoms with Crippen LogP contribution in [0.2, 0.25) is 0 Å². The number of benzene rings is 1. The average molecular weight is 484 g/mol. The number of nitrogens with zero attached hydrogens (tertiary/aromatic N) is 4. The van der Waals surface area contributed by atoms with Crippen LogP contribution in [0.4, 0.5) is 22.2 Å². The fourth-order valence-electron chi connectivity index (χ4n) is 4.70. The minimum atomic E-state index is -1.24. The summed E-state index contributed by atoms with van der Waals surface area (Å²) < 4.78 is 4.93. The molecule has 2 aromatic heterocycles. The maximum Gasteiger partial charge on any atom is 0.506 e. The number of nitro benzene ring substituents is 1. The van der Waals surface area contributed by atoms with Crippen molar-refractivity contribution in [2.45, 2.75) is 51.2 Å². The van der Waals surface area contributed by atoms with Crippen molar-refractivity contribution < 1.29 is 19.6 Å². The number of aromatic nitrogens is 2. The molecule has 0 bridgehead atoms. The number of carbonyl (C=O) groups is 1. The smallest absolute Gasteiger partial charge is 0.450 e. The lowest BCUT2D eigenvalue weighted by molar-refractivity contribution is -0.384. The van der Waals surface area contributed by atoms with Gasteiger partial charge in [-0.15, -0.1) is 11.3 Å². The number of hydrogen-bond acceptors (Lipinski definition) is 9. The van der Waals surface area contributed by atoms with Crippen LogP contribution >= 0.6 is 11.3 Å². The molecular formula is C23H25N5O5S. The van der Waals surface area contributed by atoms with E-state index in [0.717, 1.165) is 40.9 Å². The summed E-state index contributed by atoms with van der Waals surface area (Å²) in [6.07, 6.45) is 3.99. The number of thiophene rings is 1. The molecular weight excluding hydrogens is 458 g/mol. The maximum absolute atomic E-state index is 11.1. The zero-order chi connectivity index (χ0) is 23.7. The van der Waals surface area contributed by atoms with E-state index >= 15 is 0 Å². The quantitative estimate of drug-likeness (QED) is 0.289. The SMILES string of the molecule is O=C(O)OC1CCN(c2nc(NCc3cccc([N+](=O)[O-])c3)c3c4c(sc3n2)CCCC4)CC1. The summed E-state index contributed by atoms with van der Waals surface area (Å²) in [5, 5.41) is 24.5. The van der Waals surface area contributed by atoms with Crippen LogP contribution in [0.5, 0.6) is 0 Å². The Balaban J connectivity index is 1.44. The van der Waals surface area contributed by atoms with E-state index in [1.807, 2.05) is 6.07 Å². The zero-order valence-electron chi connectivity index (χ0n) is 18.5. The molecule has 3 aromatic rings. The molecule has 11 heteroatoms. The second kappa shape index (κ2) is 9.41. The molecule has 1 aromatic carbocycles. The number of nitro groups is 1. The number of carboxylic acid groups (broad SMARTS) is 1. The van der Waals surface area contributed by atoms with Gasteiger partial charge in [-0.05, 0) is 36.8 Å². The van der Waals surface area contributed by atoms with E-state index in [-0.39, 0.29) is 11.8 Å². The van der Waals surface area contributed by atoms with E-state index in [2.05, 4.69) is 10.2 Å². The van der Waals surface area contributed by atoms with Crippen LogP contribution in [0, 0.1) is 10.1 Å². The normalized spacial score (nSPS) is 16.3. The van der Waals surface area contributed by atoms with Gasteiger partial charge in [-0.25, -0.2) is 9.78 Å². The number of aryl methyl sites for hydroxylation is 2. The molecule has 5 rings (SSSR count). The number of piperidine rings is 1. The average Bonchev–Trinajstić information content (AvgIpc) is 3.21. The number of fused-ring (bicyclic) bond motifs is 3. The van der Waals surface area contributed by atoms with Gasteiger partial charge in [0.2, 0.25) is 5.95 Å². The summed E-state index contributed by atoms with van der Waals surface area (Å²) in [4.78, 5) is 35.8. The first-order valence-corrected chi connectivity index (χ1v) is 12.2. The topological polar surface area (TPSA) is 131 Å². The van der Waals surface area contributed by atoms with Gasteiger partial charge in [0.15, 0.2) is 0 Å². The van der Waals surface area contributed by atoms with Crippen LogP contribution in [0.1, 0.15) is 41.7 Å². The first-order valence-electron chi connectivity index (χ1n) is 11.4. The largest absolute Gasteiger partial charge is 0.506 e. The summed E-state index contributed by atoms with van der Waals surface area (Å²) in [5.74, 6) is 1.36. The first kappa shape index (κ1) is 22.3. The summed E-state index contributed by atoms with van der Waals surface area (Å²) in [5.41, 5.74) is 2.18. The zero-order valence-corrected chi connectivity index (χ0v) is 19.3. The van der Waals surface area contributed by atoms with Gasteiger partial charge in [0.05, 0.1) is 10.3 Å². The van der Waals surface area contributed by atoms with E-state index in [1.54, 1.807) is 23.5 Å². The molecule has 0 radical (unpaired) electrons. The third-order valence-electron chi connectivity index (χ3n) is 6.38. The molecule has 1 fully saturated rings. The van der Waals surface area contributed by atoms with Crippen molar-refractivity contribution in [1.29, 1.82) is 0 Å². The van der Waals surface area contributed by atoms with E-state index in [0.29, 0.717) is 38.4 Å². The number of ether oxygens (including phenoxy) is 1. The van der Waals surface area contributed by atoms with Crippen molar-refractivity contribution in [3.05, 3.63) is 50.4 Å². The van der Waals surface area contributed by atoms with E-state index in [9.17, 15) is 14.9 Å². The molecule has 1 saturated heterocycles. The van der Waals surface area contributed by atoms with Crippen LogP contribution in [-0.4, -0.2) is 45.3 Å². The van der Waals surface area contributed by atoms with E-state index in [4.69, 9.17) is 19.8 Å². The van der Waals surface area contributed by atoms with Crippen molar-refractivity contribution in [2.24, 2.45) is 0 Å². The minimum absolute atomic E-state index is 0.0622. The molecule has 10 nitrogen and oxygen atoms in total. The summed E-state index contributed by atoms with van der Waals surface area (Å²) in [6.45, 7) is 1.63. The molecule has 178 valence electrons. The Morgan fingerprint density at radius 1 is 1.26 bits per heavy atom. The number of non-ortho nitro benzene ring substituents is 1. The standard InChI is InChI=1S/C23H25N5O5S/c29-23(30)33-16-8-10-27(11-9-16)22-25-20(24-13-14-4-3-5-15(12-14)28(31)32)19-17-6-1-2-7-18(17)34-21(19)26-22/h3-5,12,16H,1-2,6-11,13H2,(H,29,30)(H,24,25,26). The predicted octanol–water partition coefficient (Wildman–Crippen LogP) is 4.75. The van der Waals surface area contributed by atoms with Crippen molar-refractivity contribution in [1.82, 2.24) is 9.97 Å². The number of rotatable bonds is 6. The van der Waals surface area contributed by atoms with Crippen molar-refractivity contribution in [3.8, 4) is 0 Å². The maximum atomic E-state index is 11.1. The fraction of sp³-hybridized carbons (Fsp3) is 0.435. The van der Waals surface area contributed by atoms with Crippen LogP contribution < -0.4 is 10.2 Å². The summed E-state index contributed by atoms with van der Waals surface area (Å²) in [6, 6.07) is 6.60. The second-order valence-electron chi connectivity index (χ2n) is 8.61. The lowest BCUT2D eigenvalue weighted by Crippen LogP contribution is -2.38. The van der Waals surface area contributed by atoms with Crippen LogP contribution in [0.25, 0.3) is 10.2 Å². The Kier molecular flexibility index (Phi) is 6.18. The molecule has 1 aliphatic heterocycles. The van der Waals surface area contributed by atoms with Gasteiger partial charge < -0.3 is 20.1 Å². The molecule has 2 aliphatic rings. The Labute approximate surface area is 199 Å². The molecule has 0 saturated carbocycles. The van der Waals surface area contributed by atoms with Gasteiger partial charge in [0.25, 0.3) is 5.69 Å². The van der Waals surface area contributed by atoms with Crippen LogP contribution in [0.3, 0.4) is 0 Å². The number of hydrogen-bond donors (Lipinski definition) is 2. The van der Waals surface area contributed by atoms with E-state index < -0.39 is 11.1 Å². The summed E-state index contributed by atoms with van der Waals surface area (Å²) in [7, 11) is 0. The lowest BCUT2D eigenvalue weighted by Gasteiger charge is -2.31. The van der Waals surface area contributed by atoms with Crippen LogP contribution in [-0.2, 0) is 24.1 Å². The molecule has 0 atom stereocenters. The van der Waals surface area contributed by atoms with Gasteiger partial charge in [0, 0.05) is 49.5 Å². The number of nitrogens with one attached hydrogen (secondary N) is 1. The summed E-state index contributed by atoms with van der Waals surface area (Å²) >= 11 is 1.72. The van der Waals surface area contributed by atoms with E-state index in [1.165, 1.54) is 22.9 Å². The molecule has 0 spiro atoms. The highest BCUT2D eigenvalue weighted by atomic mass is 32.1. The van der Waals surface area contributed by atoms with Crippen molar-refractivity contribution in [2.75, 3.05) is 23.3 Å². The Hall–Kier alpha value is -3.47. The van der Waals surface area contributed by atoms with Crippen LogP contribution in [0.15, 0.2) is 24.3 Å². The Morgan fingerprint density at radius 2 is 2.06 bits per heavy atom. The third kappa shape index (κ3) is 4.60. The molecule has 0 unspecified atom stereocenters. The highest BCUT2D eigenvalue weighted by Crippen LogP contribution is 2.40. The highest BCUT2D eigenvalue weighted by Gasteiger charge is 2.26. The third-order valence-corrected chi connectivity index (χ3v) is 7.56. The highest BCUT2D eigenvalue weighted by molar-refractivity contribution is 7.19. The van der Waals surface area contributed by atoms with Gasteiger partial charge in [0.1, 0.15) is 16.8 Å². The van der Waals surface area contributed by atoms with Crippen molar-refractivity contribution >= 4 is 45.2 Å². The van der Waals surface area contributed by atoms with Gasteiger partial charge in [-0.2, -0.15) is 4.98 Å². The molecule has 0 amide bonds. The monoisotopic (exact) mass is 483 g/mol. The Morgan fingerprint density at radius 3 is 2.82 bits per heavy atom. The van der Waals surface area contributed by atoms with Gasteiger partial charge in [-0.3, -0.25) is 10.1 Å². The second-order valence-corrected chi connectivity index (χ2v) is 9.70. The lowest BCUT2D eigenvalue weighted by atomic mass is 9.97. The van der Waals surface area contributed by atoms with Gasteiger partial charge in [-0.1, -0.05) is 12.1 Å². The molecule has 2 N–H and O–H groups in total. The first-order chi connectivity index (χ1) is 16.5.